The lowest BCUT2D eigenvalue weighted by Gasteiger charge is -2.14. The van der Waals surface area contributed by atoms with Crippen molar-refractivity contribution in [3.8, 4) is 0 Å². The van der Waals surface area contributed by atoms with Crippen molar-refractivity contribution in [2.75, 3.05) is 7.11 Å². The number of H-pyrrole nitrogens is 1. The van der Waals surface area contributed by atoms with Crippen LogP contribution >= 0.6 is 12.2 Å². The van der Waals surface area contributed by atoms with E-state index in [1.807, 2.05) is 13.8 Å². The van der Waals surface area contributed by atoms with Gasteiger partial charge in [0, 0.05) is 18.4 Å². The number of methoxy groups -OCH3 is 1. The molecule has 0 spiro atoms. The Morgan fingerprint density at radius 2 is 1.93 bits per heavy atom. The van der Waals surface area contributed by atoms with Gasteiger partial charge in [-0.15, -0.1) is 0 Å². The van der Waals surface area contributed by atoms with Gasteiger partial charge in [-0.05, 0) is 19.8 Å². The Balaban J connectivity index is 3.26. The van der Waals surface area contributed by atoms with Crippen molar-refractivity contribution in [3.63, 3.8) is 0 Å². The number of aromatic amines is 1. The first kappa shape index (κ1) is 12.3. The van der Waals surface area contributed by atoms with Crippen LogP contribution in [-0.4, -0.2) is 17.1 Å². The molecule has 0 radical (unpaired) electrons. The summed E-state index contributed by atoms with van der Waals surface area (Å²) in [6.07, 6.45) is -0.0494. The van der Waals surface area contributed by atoms with Crippen molar-refractivity contribution in [3.05, 3.63) is 21.7 Å². The first-order chi connectivity index (χ1) is 6.97. The first-order valence-corrected chi connectivity index (χ1v) is 5.51. The predicted octanol–water partition coefficient (Wildman–Crippen LogP) is 3.28. The molecule has 1 rings (SSSR count). The van der Waals surface area contributed by atoms with Gasteiger partial charge < -0.3 is 9.72 Å². The van der Waals surface area contributed by atoms with Gasteiger partial charge in [-0.3, -0.25) is 0 Å². The fourth-order valence-electron chi connectivity index (χ4n) is 1.60. The highest BCUT2D eigenvalue weighted by atomic mass is 32.1. The third-order valence-electron chi connectivity index (χ3n) is 2.49. The largest absolute Gasteiger partial charge is 0.374 e. The molecule has 1 atom stereocenters. The van der Waals surface area contributed by atoms with E-state index in [0.29, 0.717) is 10.6 Å². The highest BCUT2D eigenvalue weighted by Gasteiger charge is 2.12. The Hall–Kier alpha value is -0.740. The molecule has 84 valence electrons. The SMILES string of the molecule is COC(C)c1nc(=S)c(C(C)C)c(C)[nH]1. The minimum Gasteiger partial charge on any atom is -0.374 e. The maximum absolute atomic E-state index is 5.28. The van der Waals surface area contributed by atoms with Crippen LogP contribution in [0.15, 0.2) is 0 Å². The van der Waals surface area contributed by atoms with Gasteiger partial charge in [-0.25, -0.2) is 4.98 Å². The third-order valence-corrected chi connectivity index (χ3v) is 2.80. The van der Waals surface area contributed by atoms with Crippen LogP contribution in [0.4, 0.5) is 0 Å². The van der Waals surface area contributed by atoms with Crippen molar-refractivity contribution in [2.24, 2.45) is 0 Å². The quantitative estimate of drug-likeness (QED) is 0.804. The lowest BCUT2D eigenvalue weighted by atomic mass is 10.0. The van der Waals surface area contributed by atoms with Crippen molar-refractivity contribution in [2.45, 2.75) is 39.7 Å². The summed E-state index contributed by atoms with van der Waals surface area (Å²) in [5, 5.41) is 0. The van der Waals surface area contributed by atoms with E-state index in [4.69, 9.17) is 17.0 Å². The third kappa shape index (κ3) is 2.63. The number of hydrogen-bond donors (Lipinski definition) is 1. The van der Waals surface area contributed by atoms with Gasteiger partial charge in [0.05, 0.1) is 0 Å². The molecule has 1 N–H and O–H groups in total. The highest BCUT2D eigenvalue weighted by molar-refractivity contribution is 7.71. The van der Waals surface area contributed by atoms with Crippen LogP contribution in [0.5, 0.6) is 0 Å². The average molecular weight is 226 g/mol. The van der Waals surface area contributed by atoms with Gasteiger partial charge in [0.2, 0.25) is 0 Å². The molecule has 0 saturated heterocycles. The number of nitrogens with one attached hydrogen (secondary N) is 1. The molecular weight excluding hydrogens is 208 g/mol. The van der Waals surface area contributed by atoms with Gasteiger partial charge >= 0.3 is 0 Å². The molecule has 1 heterocycles. The summed E-state index contributed by atoms with van der Waals surface area (Å²) in [6.45, 7) is 8.21. The smallest absolute Gasteiger partial charge is 0.136 e. The Morgan fingerprint density at radius 3 is 2.33 bits per heavy atom. The summed E-state index contributed by atoms with van der Waals surface area (Å²) in [5.41, 5.74) is 2.21. The maximum atomic E-state index is 5.28. The summed E-state index contributed by atoms with van der Waals surface area (Å²) in [5.74, 6) is 1.19. The van der Waals surface area contributed by atoms with Crippen LogP contribution in [0.2, 0.25) is 0 Å². The second-order valence-electron chi connectivity index (χ2n) is 4.00. The van der Waals surface area contributed by atoms with E-state index in [0.717, 1.165) is 17.1 Å². The van der Waals surface area contributed by atoms with E-state index >= 15 is 0 Å². The van der Waals surface area contributed by atoms with Gasteiger partial charge in [0.1, 0.15) is 16.6 Å². The standard InChI is InChI=1S/C11H18N2OS/c1-6(2)9-7(3)12-10(8(4)14-5)13-11(9)15/h6,8H,1-5H3,(H,12,13,15). The van der Waals surface area contributed by atoms with Crippen LogP contribution < -0.4 is 0 Å². The van der Waals surface area contributed by atoms with Gasteiger partial charge in [0.25, 0.3) is 0 Å². The molecule has 1 unspecified atom stereocenters. The van der Waals surface area contributed by atoms with Gasteiger partial charge in [-0.1, -0.05) is 26.1 Å². The molecule has 0 aliphatic heterocycles. The van der Waals surface area contributed by atoms with E-state index in [1.54, 1.807) is 7.11 Å². The van der Waals surface area contributed by atoms with Crippen molar-refractivity contribution in [1.82, 2.24) is 9.97 Å². The average Bonchev–Trinajstić information content (AvgIpc) is 2.14. The summed E-state index contributed by atoms with van der Waals surface area (Å²) in [6, 6.07) is 0. The molecule has 0 fully saturated rings. The summed E-state index contributed by atoms with van der Waals surface area (Å²) < 4.78 is 5.89. The van der Waals surface area contributed by atoms with E-state index in [1.165, 1.54) is 0 Å². The number of nitrogens with zero attached hydrogens (tertiary/aromatic N) is 1. The molecule has 4 heteroatoms. The normalized spacial score (nSPS) is 13.2. The molecular formula is C11H18N2OS. The fraction of sp³-hybridized carbons (Fsp3) is 0.636. The van der Waals surface area contributed by atoms with Crippen LogP contribution in [0.25, 0.3) is 0 Å². The zero-order valence-electron chi connectivity index (χ0n) is 9.92. The Morgan fingerprint density at radius 1 is 1.33 bits per heavy atom. The van der Waals surface area contributed by atoms with E-state index in [-0.39, 0.29) is 6.10 Å². The Kier molecular flexibility index (Phi) is 3.99. The van der Waals surface area contributed by atoms with Crippen molar-refractivity contribution in [1.29, 1.82) is 0 Å². The van der Waals surface area contributed by atoms with E-state index < -0.39 is 0 Å². The number of aryl methyl sites for hydroxylation is 1. The number of hydrogen-bond acceptors (Lipinski definition) is 3. The highest BCUT2D eigenvalue weighted by Crippen LogP contribution is 2.20. The summed E-state index contributed by atoms with van der Waals surface area (Å²) in [4.78, 5) is 7.61. The predicted molar refractivity (Wildman–Crippen MR) is 63.7 cm³/mol. The molecule has 1 aromatic rings. The van der Waals surface area contributed by atoms with Gasteiger partial charge in [0.15, 0.2) is 0 Å². The molecule has 0 aromatic carbocycles. The maximum Gasteiger partial charge on any atom is 0.136 e. The number of rotatable bonds is 3. The van der Waals surface area contributed by atoms with Crippen molar-refractivity contribution < 1.29 is 4.74 Å². The molecule has 0 amide bonds. The molecule has 0 saturated carbocycles. The minimum absolute atomic E-state index is 0.0494. The van der Waals surface area contributed by atoms with E-state index in [2.05, 4.69) is 23.8 Å². The van der Waals surface area contributed by atoms with Crippen molar-refractivity contribution >= 4 is 12.2 Å². The zero-order valence-corrected chi connectivity index (χ0v) is 10.7. The van der Waals surface area contributed by atoms with Crippen LogP contribution in [0.3, 0.4) is 0 Å². The van der Waals surface area contributed by atoms with Crippen LogP contribution in [0, 0.1) is 11.6 Å². The molecule has 0 aliphatic carbocycles. The molecule has 15 heavy (non-hydrogen) atoms. The Labute approximate surface area is 95.9 Å². The van der Waals surface area contributed by atoms with E-state index in [9.17, 15) is 0 Å². The molecule has 3 nitrogen and oxygen atoms in total. The molecule has 0 aliphatic rings. The summed E-state index contributed by atoms with van der Waals surface area (Å²) >= 11 is 5.28. The topological polar surface area (TPSA) is 37.9 Å². The van der Waals surface area contributed by atoms with Crippen LogP contribution in [-0.2, 0) is 4.74 Å². The first-order valence-electron chi connectivity index (χ1n) is 5.10. The minimum atomic E-state index is -0.0494. The molecule has 1 aromatic heterocycles. The summed E-state index contributed by atoms with van der Waals surface area (Å²) in [7, 11) is 1.66. The lowest BCUT2D eigenvalue weighted by Crippen LogP contribution is -2.08. The van der Waals surface area contributed by atoms with Crippen LogP contribution in [0.1, 0.15) is 49.9 Å². The van der Waals surface area contributed by atoms with Gasteiger partial charge in [-0.2, -0.15) is 0 Å². The fourth-order valence-corrected chi connectivity index (χ4v) is 2.09. The molecule has 0 bridgehead atoms. The lowest BCUT2D eigenvalue weighted by molar-refractivity contribution is 0.111. The monoisotopic (exact) mass is 226 g/mol. The second kappa shape index (κ2) is 4.86. The Bertz CT molecular complexity index is 398. The zero-order chi connectivity index (χ0) is 11.6. The second-order valence-corrected chi connectivity index (χ2v) is 4.39. The number of ether oxygens (including phenoxy) is 1. The number of aromatic nitrogens is 2.